The molecule has 2 aliphatic rings. The third-order valence-corrected chi connectivity index (χ3v) is 3.69. The van der Waals surface area contributed by atoms with Crippen molar-refractivity contribution in [3.8, 4) is 0 Å². The van der Waals surface area contributed by atoms with Crippen LogP contribution in [0.5, 0.6) is 0 Å². The molecule has 0 radical (unpaired) electrons. The molecule has 106 valence electrons. The Morgan fingerprint density at radius 3 is 2.84 bits per heavy atom. The zero-order chi connectivity index (χ0) is 14.0. The van der Waals surface area contributed by atoms with Gasteiger partial charge in [-0.3, -0.25) is 14.9 Å². The monoisotopic (exact) mass is 268 g/mol. The van der Waals surface area contributed by atoms with Crippen LogP contribution in [-0.2, 0) is 9.59 Å². The van der Waals surface area contributed by atoms with Crippen molar-refractivity contribution in [2.75, 3.05) is 13.1 Å². The molecule has 4 amide bonds. The van der Waals surface area contributed by atoms with Gasteiger partial charge >= 0.3 is 6.03 Å². The Labute approximate surface area is 111 Å². The minimum absolute atomic E-state index is 0.0199. The van der Waals surface area contributed by atoms with Gasteiger partial charge in [0, 0.05) is 19.0 Å². The second kappa shape index (κ2) is 5.16. The van der Waals surface area contributed by atoms with E-state index in [9.17, 15) is 14.4 Å². The first-order valence-electron chi connectivity index (χ1n) is 6.60. The summed E-state index contributed by atoms with van der Waals surface area (Å²) in [4.78, 5) is 36.6. The van der Waals surface area contributed by atoms with E-state index in [2.05, 4.69) is 10.6 Å². The predicted molar refractivity (Wildman–Crippen MR) is 68.1 cm³/mol. The summed E-state index contributed by atoms with van der Waals surface area (Å²) in [5, 5.41) is 4.85. The highest BCUT2D eigenvalue weighted by Crippen LogP contribution is 2.25. The second-order valence-corrected chi connectivity index (χ2v) is 5.43. The number of rotatable bonds is 4. The van der Waals surface area contributed by atoms with Gasteiger partial charge < -0.3 is 16.0 Å². The fourth-order valence-corrected chi connectivity index (χ4v) is 2.57. The van der Waals surface area contributed by atoms with Gasteiger partial charge in [-0.05, 0) is 26.2 Å². The highest BCUT2D eigenvalue weighted by molar-refractivity contribution is 6.07. The maximum Gasteiger partial charge on any atom is 0.322 e. The van der Waals surface area contributed by atoms with Crippen molar-refractivity contribution >= 4 is 17.8 Å². The molecule has 0 aromatic heterocycles. The summed E-state index contributed by atoms with van der Waals surface area (Å²) in [6.07, 6.45) is 2.47. The molecular weight excluding hydrogens is 248 g/mol. The summed E-state index contributed by atoms with van der Waals surface area (Å²) in [5.74, 6) is -0.310. The Hall–Kier alpha value is -1.63. The van der Waals surface area contributed by atoms with Crippen LogP contribution in [0.25, 0.3) is 0 Å². The number of imide groups is 1. The molecule has 2 heterocycles. The van der Waals surface area contributed by atoms with Gasteiger partial charge in [-0.1, -0.05) is 0 Å². The summed E-state index contributed by atoms with van der Waals surface area (Å²) in [6.45, 7) is 2.68. The van der Waals surface area contributed by atoms with Crippen LogP contribution in [0.1, 0.15) is 32.6 Å². The quantitative estimate of drug-likeness (QED) is 0.587. The maximum atomic E-state index is 12.0. The van der Waals surface area contributed by atoms with Crippen LogP contribution < -0.4 is 16.4 Å². The van der Waals surface area contributed by atoms with E-state index >= 15 is 0 Å². The largest absolute Gasteiger partial charge is 0.340 e. The normalized spacial score (nSPS) is 27.6. The molecule has 7 nitrogen and oxygen atoms in total. The molecule has 0 aromatic rings. The lowest BCUT2D eigenvalue weighted by Crippen LogP contribution is -2.49. The van der Waals surface area contributed by atoms with Crippen LogP contribution in [0.2, 0.25) is 0 Å². The van der Waals surface area contributed by atoms with E-state index < -0.39 is 11.6 Å². The summed E-state index contributed by atoms with van der Waals surface area (Å²) >= 11 is 0. The van der Waals surface area contributed by atoms with E-state index in [-0.39, 0.29) is 24.4 Å². The molecule has 2 atom stereocenters. The number of nitrogens with zero attached hydrogens (tertiary/aromatic N) is 1. The molecule has 0 saturated carbocycles. The minimum Gasteiger partial charge on any atom is -0.340 e. The zero-order valence-corrected chi connectivity index (χ0v) is 11.1. The zero-order valence-electron chi connectivity index (χ0n) is 11.1. The molecule has 19 heavy (non-hydrogen) atoms. The predicted octanol–water partition coefficient (Wildman–Crippen LogP) is -0.686. The molecule has 2 rings (SSSR count). The van der Waals surface area contributed by atoms with Crippen molar-refractivity contribution in [1.29, 1.82) is 0 Å². The van der Waals surface area contributed by atoms with Crippen LogP contribution >= 0.6 is 0 Å². The van der Waals surface area contributed by atoms with Crippen molar-refractivity contribution in [1.82, 2.24) is 15.5 Å². The lowest BCUT2D eigenvalue weighted by Gasteiger charge is -2.21. The molecule has 2 unspecified atom stereocenters. The number of carbonyl (C=O) groups excluding carboxylic acids is 3. The molecule has 2 aliphatic heterocycles. The fraction of sp³-hybridized carbons (Fsp3) is 0.750. The van der Waals surface area contributed by atoms with Crippen LogP contribution in [0.4, 0.5) is 4.79 Å². The van der Waals surface area contributed by atoms with Crippen molar-refractivity contribution in [3.63, 3.8) is 0 Å². The smallest absolute Gasteiger partial charge is 0.322 e. The molecule has 1 spiro atoms. The van der Waals surface area contributed by atoms with Gasteiger partial charge in [-0.15, -0.1) is 0 Å². The molecule has 4 N–H and O–H groups in total. The van der Waals surface area contributed by atoms with Gasteiger partial charge in [0.15, 0.2) is 0 Å². The van der Waals surface area contributed by atoms with E-state index in [1.807, 2.05) is 6.92 Å². The average Bonchev–Trinajstić information content (AvgIpc) is 2.84. The van der Waals surface area contributed by atoms with E-state index in [0.717, 1.165) is 12.8 Å². The lowest BCUT2D eigenvalue weighted by atomic mass is 9.99. The fourth-order valence-electron chi connectivity index (χ4n) is 2.57. The number of nitrogens with two attached hydrogens (primary N) is 1. The maximum absolute atomic E-state index is 12.0. The SMILES string of the molecule is CC(N)CCCC(=O)N1CCC2(C1)NC(=O)NC2=O. The Morgan fingerprint density at radius 1 is 1.53 bits per heavy atom. The molecule has 0 aromatic carbocycles. The van der Waals surface area contributed by atoms with Gasteiger partial charge in [0.1, 0.15) is 5.54 Å². The van der Waals surface area contributed by atoms with E-state index in [4.69, 9.17) is 5.73 Å². The first-order chi connectivity index (χ1) is 8.93. The standard InChI is InChI=1S/C12H20N4O3/c1-8(13)3-2-4-9(17)16-6-5-12(7-16)10(18)14-11(19)15-12/h8H,2-7,13H2,1H3,(H2,14,15,18,19). The molecular formula is C12H20N4O3. The van der Waals surface area contributed by atoms with Crippen molar-refractivity contribution < 1.29 is 14.4 Å². The second-order valence-electron chi connectivity index (χ2n) is 5.43. The number of hydrogen-bond donors (Lipinski definition) is 3. The van der Waals surface area contributed by atoms with Crippen LogP contribution in [0.3, 0.4) is 0 Å². The Bertz CT molecular complexity index is 410. The molecule has 2 saturated heterocycles. The Morgan fingerprint density at radius 2 is 2.26 bits per heavy atom. The molecule has 7 heteroatoms. The number of hydrogen-bond acceptors (Lipinski definition) is 4. The summed E-state index contributed by atoms with van der Waals surface area (Å²) in [7, 11) is 0. The molecule has 2 fully saturated rings. The van der Waals surface area contributed by atoms with Gasteiger partial charge in [0.2, 0.25) is 5.91 Å². The number of likely N-dealkylation sites (tertiary alicyclic amines) is 1. The van der Waals surface area contributed by atoms with Crippen molar-refractivity contribution in [3.05, 3.63) is 0 Å². The Balaban J connectivity index is 1.86. The van der Waals surface area contributed by atoms with Crippen LogP contribution in [0.15, 0.2) is 0 Å². The van der Waals surface area contributed by atoms with Crippen LogP contribution in [-0.4, -0.2) is 47.4 Å². The first kappa shape index (κ1) is 13.8. The number of nitrogens with one attached hydrogen (secondary N) is 2. The third kappa shape index (κ3) is 2.86. The topological polar surface area (TPSA) is 105 Å². The first-order valence-corrected chi connectivity index (χ1v) is 6.60. The minimum atomic E-state index is -0.909. The molecule has 0 bridgehead atoms. The van der Waals surface area contributed by atoms with Crippen molar-refractivity contribution in [2.45, 2.75) is 44.2 Å². The highest BCUT2D eigenvalue weighted by atomic mass is 16.2. The van der Waals surface area contributed by atoms with E-state index in [1.54, 1.807) is 4.90 Å². The van der Waals surface area contributed by atoms with Gasteiger partial charge in [-0.25, -0.2) is 4.79 Å². The highest BCUT2D eigenvalue weighted by Gasteiger charge is 2.51. The van der Waals surface area contributed by atoms with E-state index in [1.165, 1.54) is 0 Å². The molecule has 0 aliphatic carbocycles. The number of carbonyl (C=O) groups is 3. The van der Waals surface area contributed by atoms with Crippen molar-refractivity contribution in [2.24, 2.45) is 5.73 Å². The average molecular weight is 268 g/mol. The van der Waals surface area contributed by atoms with E-state index in [0.29, 0.717) is 19.4 Å². The third-order valence-electron chi connectivity index (χ3n) is 3.69. The lowest BCUT2D eigenvalue weighted by molar-refractivity contribution is -0.130. The van der Waals surface area contributed by atoms with Gasteiger partial charge in [-0.2, -0.15) is 0 Å². The summed E-state index contributed by atoms with van der Waals surface area (Å²) < 4.78 is 0. The van der Waals surface area contributed by atoms with Gasteiger partial charge in [0.25, 0.3) is 5.91 Å². The number of urea groups is 1. The Kier molecular flexibility index (Phi) is 3.75. The summed E-state index contributed by atoms with van der Waals surface area (Å²) in [6, 6.07) is -0.381. The van der Waals surface area contributed by atoms with Crippen LogP contribution in [0, 0.1) is 0 Å². The van der Waals surface area contributed by atoms with Gasteiger partial charge in [0.05, 0.1) is 6.54 Å². The summed E-state index contributed by atoms with van der Waals surface area (Å²) in [5.41, 5.74) is 4.73. The number of amides is 4.